The van der Waals surface area contributed by atoms with Crippen molar-refractivity contribution in [1.82, 2.24) is 15.5 Å². The van der Waals surface area contributed by atoms with E-state index in [0.29, 0.717) is 26.3 Å². The summed E-state index contributed by atoms with van der Waals surface area (Å²) >= 11 is 0. The predicted octanol–water partition coefficient (Wildman–Crippen LogP) is 3.59. The van der Waals surface area contributed by atoms with Crippen molar-refractivity contribution in [3.05, 3.63) is 102 Å². The van der Waals surface area contributed by atoms with E-state index in [1.165, 1.54) is 0 Å². The molecular weight excluding hydrogens is 426 g/mol. The molecular formula is C28H33N3O3. The molecule has 0 bridgehead atoms. The Bertz CT molecular complexity index is 965. The van der Waals surface area contributed by atoms with Crippen LogP contribution in [0.5, 0.6) is 5.75 Å². The number of carbonyl (C=O) groups excluding carboxylic acids is 1. The second-order valence-electron chi connectivity index (χ2n) is 8.27. The van der Waals surface area contributed by atoms with Crippen molar-refractivity contribution in [1.29, 1.82) is 0 Å². The van der Waals surface area contributed by atoms with Gasteiger partial charge in [-0.1, -0.05) is 54.6 Å². The van der Waals surface area contributed by atoms with Crippen molar-refractivity contribution in [3.63, 3.8) is 0 Å². The lowest BCUT2D eigenvalue weighted by Crippen LogP contribution is -2.47. The molecule has 3 rings (SSSR count). The highest BCUT2D eigenvalue weighted by molar-refractivity contribution is 5.73. The van der Waals surface area contributed by atoms with E-state index in [2.05, 4.69) is 27.7 Å². The fraction of sp³-hybridized carbons (Fsp3) is 0.321. The molecule has 0 radical (unpaired) electrons. The van der Waals surface area contributed by atoms with E-state index in [4.69, 9.17) is 4.74 Å². The van der Waals surface area contributed by atoms with Crippen molar-refractivity contribution in [2.45, 2.75) is 25.5 Å². The van der Waals surface area contributed by atoms with Crippen LogP contribution in [0.1, 0.15) is 16.7 Å². The van der Waals surface area contributed by atoms with E-state index >= 15 is 0 Å². The Hall–Kier alpha value is -3.53. The van der Waals surface area contributed by atoms with Gasteiger partial charge in [0.05, 0.1) is 13.2 Å². The van der Waals surface area contributed by atoms with E-state index < -0.39 is 0 Å². The monoisotopic (exact) mass is 459 g/mol. The summed E-state index contributed by atoms with van der Waals surface area (Å²) in [6.45, 7) is 2.95. The lowest BCUT2D eigenvalue weighted by atomic mass is 10.0. The smallest absolute Gasteiger partial charge is 0.314 e. The van der Waals surface area contributed by atoms with Gasteiger partial charge in [0.2, 0.25) is 0 Å². The number of hydrogen-bond acceptors (Lipinski definition) is 4. The summed E-state index contributed by atoms with van der Waals surface area (Å²) < 4.78 is 5.85. The van der Waals surface area contributed by atoms with Gasteiger partial charge in [-0.25, -0.2) is 4.79 Å². The van der Waals surface area contributed by atoms with Crippen molar-refractivity contribution in [2.75, 3.05) is 33.3 Å². The number of nitrogens with one attached hydrogen (secondary N) is 2. The third kappa shape index (κ3) is 9.14. The Balaban J connectivity index is 1.46. The van der Waals surface area contributed by atoms with E-state index in [0.717, 1.165) is 36.1 Å². The molecule has 3 aromatic rings. The Labute approximate surface area is 202 Å². The molecule has 0 unspecified atom stereocenters. The molecule has 0 aromatic heterocycles. The number of aromatic hydroxyl groups is 1. The van der Waals surface area contributed by atoms with Crippen molar-refractivity contribution >= 4 is 6.03 Å². The summed E-state index contributed by atoms with van der Waals surface area (Å²) in [5, 5.41) is 15.5. The van der Waals surface area contributed by atoms with E-state index in [1.807, 2.05) is 67.7 Å². The fourth-order valence-corrected chi connectivity index (χ4v) is 3.57. The first-order valence-corrected chi connectivity index (χ1v) is 11.6. The average molecular weight is 460 g/mol. The Kier molecular flexibility index (Phi) is 10.3. The van der Waals surface area contributed by atoms with Gasteiger partial charge in [0, 0.05) is 25.7 Å². The molecule has 0 aliphatic heterocycles. The minimum atomic E-state index is -0.184. The highest BCUT2D eigenvalue weighted by Crippen LogP contribution is 2.13. The van der Waals surface area contributed by atoms with Crippen LogP contribution < -0.4 is 10.6 Å². The molecule has 3 N–H and O–H groups in total. The topological polar surface area (TPSA) is 73.8 Å². The molecule has 0 spiro atoms. The van der Waals surface area contributed by atoms with E-state index in [-0.39, 0.29) is 17.8 Å². The molecule has 178 valence electrons. The molecule has 0 fully saturated rings. The maximum Gasteiger partial charge on any atom is 0.314 e. The quantitative estimate of drug-likeness (QED) is 0.342. The third-order valence-corrected chi connectivity index (χ3v) is 5.65. The molecule has 0 aliphatic carbocycles. The molecule has 0 aliphatic rings. The van der Waals surface area contributed by atoms with Crippen LogP contribution in [0.3, 0.4) is 0 Å². The first-order valence-electron chi connectivity index (χ1n) is 11.6. The van der Waals surface area contributed by atoms with Gasteiger partial charge in [-0.3, -0.25) is 4.90 Å². The van der Waals surface area contributed by atoms with Crippen LogP contribution >= 0.6 is 0 Å². The van der Waals surface area contributed by atoms with Crippen molar-refractivity contribution in [3.8, 4) is 5.75 Å². The summed E-state index contributed by atoms with van der Waals surface area (Å²) in [4.78, 5) is 14.6. The van der Waals surface area contributed by atoms with Crippen LogP contribution in [0.4, 0.5) is 4.79 Å². The van der Waals surface area contributed by atoms with E-state index in [1.54, 1.807) is 12.1 Å². The van der Waals surface area contributed by atoms with Gasteiger partial charge in [-0.15, -0.1) is 0 Å². The summed E-state index contributed by atoms with van der Waals surface area (Å²) in [7, 11) is 2.04. The maximum atomic E-state index is 12.4. The second-order valence-corrected chi connectivity index (χ2v) is 8.27. The van der Waals surface area contributed by atoms with Crippen LogP contribution in [-0.4, -0.2) is 55.4 Å². The molecule has 0 saturated heterocycles. The molecule has 3 aromatic carbocycles. The van der Waals surface area contributed by atoms with Crippen molar-refractivity contribution in [2.24, 2.45) is 0 Å². The Morgan fingerprint density at radius 3 is 2.53 bits per heavy atom. The minimum Gasteiger partial charge on any atom is -0.508 e. The standard InChI is InChI=1S/C28H33N3O3/c1-31(18-19-34-22-25-10-6-3-7-11-25)26(20-24-12-14-27(32)15-13-24)21-30-28(33)29-17-16-23-8-4-2-5-9-23/h3-4,6-15,26,32H,16-22H2,1H3,(H2,29,30,33)/t26-/m0/s1. The summed E-state index contributed by atoms with van der Waals surface area (Å²) in [5.41, 5.74) is 3.36. The normalized spacial score (nSPS) is 11.6. The largest absolute Gasteiger partial charge is 0.508 e. The van der Waals surface area contributed by atoms with Gasteiger partial charge in [0.1, 0.15) is 5.75 Å². The number of likely N-dealkylation sites (N-methyl/N-ethyl adjacent to an activating group) is 1. The van der Waals surface area contributed by atoms with E-state index in [9.17, 15) is 9.90 Å². The Morgan fingerprint density at radius 1 is 1.00 bits per heavy atom. The maximum absolute atomic E-state index is 12.4. The van der Waals surface area contributed by atoms with Gasteiger partial charge in [0.25, 0.3) is 0 Å². The van der Waals surface area contributed by atoms with Gasteiger partial charge >= 0.3 is 6.03 Å². The molecule has 2 amide bonds. The number of phenolic OH excluding ortho intramolecular Hbond substituents is 1. The van der Waals surface area contributed by atoms with Gasteiger partial charge in [-0.05, 0) is 66.9 Å². The first-order chi connectivity index (χ1) is 16.6. The zero-order chi connectivity index (χ0) is 24.0. The minimum absolute atomic E-state index is 0.0786. The number of rotatable bonds is 13. The summed E-state index contributed by atoms with van der Waals surface area (Å²) in [6, 6.07) is 28.7. The number of phenols is 1. The number of benzene rings is 2. The molecule has 6 heteroatoms. The second kappa shape index (κ2) is 13.9. The molecule has 1 atom stereocenters. The number of amides is 2. The van der Waals surface area contributed by atoms with Gasteiger partial charge < -0.3 is 20.5 Å². The average Bonchev–Trinajstić information content (AvgIpc) is 2.86. The summed E-state index contributed by atoms with van der Waals surface area (Å²) in [5.74, 6) is 0.245. The number of hydrogen-bond donors (Lipinski definition) is 3. The number of urea groups is 1. The number of ether oxygens (including phenoxy) is 1. The van der Waals surface area contributed by atoms with Crippen LogP contribution in [0.2, 0.25) is 0 Å². The molecule has 34 heavy (non-hydrogen) atoms. The van der Waals surface area contributed by atoms with Crippen LogP contribution in [0, 0.1) is 12.1 Å². The molecule has 0 heterocycles. The van der Waals surface area contributed by atoms with Crippen molar-refractivity contribution < 1.29 is 14.6 Å². The zero-order valence-corrected chi connectivity index (χ0v) is 19.7. The number of carbonyl (C=O) groups is 1. The zero-order valence-electron chi connectivity index (χ0n) is 19.7. The highest BCUT2D eigenvalue weighted by atomic mass is 16.5. The Morgan fingerprint density at radius 2 is 1.79 bits per heavy atom. The first kappa shape index (κ1) is 25.1. The molecule has 0 saturated carbocycles. The lowest BCUT2D eigenvalue weighted by Gasteiger charge is -2.28. The van der Waals surface area contributed by atoms with Crippen LogP contribution in [-0.2, 0) is 24.2 Å². The summed E-state index contributed by atoms with van der Waals surface area (Å²) in [6.07, 6.45) is 1.49. The van der Waals surface area contributed by atoms with Crippen LogP contribution in [0.15, 0.2) is 72.8 Å². The predicted molar refractivity (Wildman–Crippen MR) is 134 cm³/mol. The SMILES string of the molecule is CN(CCOCc1ccccc1)[C@H](CNC(=O)NCCc1cc#ccc1)Cc1ccc(O)cc1. The molecule has 6 nitrogen and oxygen atoms in total. The van der Waals surface area contributed by atoms with Crippen LogP contribution in [0.25, 0.3) is 0 Å². The van der Waals surface area contributed by atoms with Gasteiger partial charge in [-0.2, -0.15) is 0 Å². The number of nitrogens with zero attached hydrogens (tertiary/aromatic N) is 1. The highest BCUT2D eigenvalue weighted by Gasteiger charge is 2.17. The third-order valence-electron chi connectivity index (χ3n) is 5.65. The fourth-order valence-electron chi connectivity index (χ4n) is 3.57. The van der Waals surface area contributed by atoms with Gasteiger partial charge in [0.15, 0.2) is 0 Å². The lowest BCUT2D eigenvalue weighted by molar-refractivity contribution is 0.0876.